The summed E-state index contributed by atoms with van der Waals surface area (Å²) in [4.78, 5) is 15.8. The Hall–Kier alpha value is -8.41. The summed E-state index contributed by atoms with van der Waals surface area (Å²) in [5.74, 6) is 1.83. The van der Waals surface area contributed by atoms with Crippen LogP contribution in [-0.4, -0.2) is 24.1 Å². The van der Waals surface area contributed by atoms with Crippen molar-refractivity contribution in [3.8, 4) is 67.8 Å². The molecule has 5 heteroatoms. The molecule has 0 fully saturated rings. The first-order chi connectivity index (χ1) is 31.2. The molecule has 0 N–H and O–H groups in total. The second-order valence-electron chi connectivity index (χ2n) is 16.1. The summed E-state index contributed by atoms with van der Waals surface area (Å²) in [7, 11) is 0. The van der Waals surface area contributed by atoms with Gasteiger partial charge >= 0.3 is 0 Å². The highest BCUT2D eigenvalue weighted by Crippen LogP contribution is 2.42. The molecule has 12 aromatic rings. The van der Waals surface area contributed by atoms with E-state index in [0.29, 0.717) is 17.5 Å². The van der Waals surface area contributed by atoms with Gasteiger partial charge in [-0.2, -0.15) is 0 Å². The second-order valence-corrected chi connectivity index (χ2v) is 16.1. The average molecular weight is 806 g/mol. The highest BCUT2D eigenvalue weighted by atomic mass is 15.1. The summed E-state index contributed by atoms with van der Waals surface area (Å²) in [5.41, 5.74) is 15.1. The molecule has 0 aliphatic carbocycles. The maximum absolute atomic E-state index is 5.34. The predicted octanol–water partition coefficient (Wildman–Crippen LogP) is 14.7. The van der Waals surface area contributed by atoms with Gasteiger partial charge in [0, 0.05) is 43.8 Å². The lowest BCUT2D eigenvalue weighted by molar-refractivity contribution is 1.06. The van der Waals surface area contributed by atoms with E-state index in [9.17, 15) is 0 Å². The summed E-state index contributed by atoms with van der Waals surface area (Å²) in [6.07, 6.45) is 0. The molecule has 0 aliphatic heterocycles. The van der Waals surface area contributed by atoms with Crippen molar-refractivity contribution in [2.75, 3.05) is 0 Å². The lowest BCUT2D eigenvalue weighted by atomic mass is 9.99. The molecule has 0 spiro atoms. The SMILES string of the molecule is Cc1ccc(-c2ccc3c(c2)c2ccccc2n3-c2ccc(-c3ccccc3-n3c4ccccc4c4ccccc43)cc2-c2nc(-c3ccccc3)nc(-c3ccccc3)n2)cc1. The first kappa shape index (κ1) is 36.4. The standard InChI is InChI=1S/C58H39N5/c1-38-28-30-39(31-29-38)42-32-34-54-48(36-42)47-23-11-15-27-53(47)63(54)55-35-33-43(44-20-8-12-24-50(44)62-51-25-13-9-21-45(51)46-22-10-14-26-52(46)62)37-49(55)58-60-56(40-16-4-2-5-17-40)59-57(61-58)41-18-6-3-7-19-41/h2-37H,1H3. The number of hydrogen-bond acceptors (Lipinski definition) is 3. The van der Waals surface area contributed by atoms with Gasteiger partial charge in [0.05, 0.1) is 33.4 Å². The number of aryl methyl sites for hydroxylation is 1. The van der Waals surface area contributed by atoms with Gasteiger partial charge in [0.2, 0.25) is 0 Å². The van der Waals surface area contributed by atoms with Gasteiger partial charge in [-0.1, -0.05) is 175 Å². The number of rotatable bonds is 7. The third-order valence-electron chi connectivity index (χ3n) is 12.3. The minimum absolute atomic E-state index is 0.594. The molecule has 9 aromatic carbocycles. The second kappa shape index (κ2) is 14.9. The third kappa shape index (κ3) is 6.21. The zero-order valence-corrected chi connectivity index (χ0v) is 34.5. The fraction of sp³-hybridized carbons (Fsp3) is 0.0172. The maximum atomic E-state index is 5.34. The normalized spacial score (nSPS) is 11.6. The molecule has 0 saturated carbocycles. The Morgan fingerprint density at radius 2 is 0.730 bits per heavy atom. The Balaban J connectivity index is 1.14. The van der Waals surface area contributed by atoms with Crippen LogP contribution in [-0.2, 0) is 0 Å². The van der Waals surface area contributed by atoms with Crippen LogP contribution in [0, 0.1) is 6.92 Å². The van der Waals surface area contributed by atoms with Gasteiger partial charge in [-0.15, -0.1) is 0 Å². The van der Waals surface area contributed by atoms with Crippen molar-refractivity contribution >= 4 is 43.6 Å². The Morgan fingerprint density at radius 3 is 1.33 bits per heavy atom. The van der Waals surface area contributed by atoms with E-state index in [1.54, 1.807) is 0 Å². The number of hydrogen-bond donors (Lipinski definition) is 0. The zero-order valence-electron chi connectivity index (χ0n) is 34.5. The van der Waals surface area contributed by atoms with Crippen molar-refractivity contribution in [3.05, 3.63) is 224 Å². The van der Waals surface area contributed by atoms with E-state index >= 15 is 0 Å². The number of fused-ring (bicyclic) bond motifs is 6. The number of aromatic nitrogens is 5. The Kier molecular flexibility index (Phi) is 8.64. The number of benzene rings is 9. The van der Waals surface area contributed by atoms with Crippen molar-refractivity contribution in [1.82, 2.24) is 24.1 Å². The molecule has 0 unspecified atom stereocenters. The first-order valence-electron chi connectivity index (χ1n) is 21.4. The van der Waals surface area contributed by atoms with Gasteiger partial charge in [-0.25, -0.2) is 15.0 Å². The van der Waals surface area contributed by atoms with Crippen LogP contribution in [0.5, 0.6) is 0 Å². The van der Waals surface area contributed by atoms with Crippen molar-refractivity contribution in [2.45, 2.75) is 6.92 Å². The highest BCUT2D eigenvalue weighted by molar-refractivity contribution is 6.12. The van der Waals surface area contributed by atoms with E-state index in [1.165, 1.54) is 38.2 Å². The Bertz CT molecular complexity index is 3570. The molecule has 5 nitrogen and oxygen atoms in total. The molecule has 0 bridgehead atoms. The van der Waals surface area contributed by atoms with Crippen LogP contribution in [0.3, 0.4) is 0 Å². The molecule has 3 heterocycles. The smallest absolute Gasteiger partial charge is 0.166 e. The van der Waals surface area contributed by atoms with Gasteiger partial charge < -0.3 is 9.13 Å². The van der Waals surface area contributed by atoms with E-state index in [-0.39, 0.29) is 0 Å². The lowest BCUT2D eigenvalue weighted by Gasteiger charge is -2.18. The summed E-state index contributed by atoms with van der Waals surface area (Å²) >= 11 is 0. The molecular weight excluding hydrogens is 767 g/mol. The third-order valence-corrected chi connectivity index (χ3v) is 12.3. The van der Waals surface area contributed by atoms with Crippen molar-refractivity contribution in [3.63, 3.8) is 0 Å². The lowest BCUT2D eigenvalue weighted by Crippen LogP contribution is -2.04. The number of nitrogens with zero attached hydrogens (tertiary/aromatic N) is 5. The average Bonchev–Trinajstić information content (AvgIpc) is 3.87. The summed E-state index contributed by atoms with van der Waals surface area (Å²) < 4.78 is 4.78. The van der Waals surface area contributed by atoms with Crippen molar-refractivity contribution < 1.29 is 0 Å². The summed E-state index contributed by atoms with van der Waals surface area (Å²) in [6.45, 7) is 2.13. The molecular formula is C58H39N5. The van der Waals surface area contributed by atoms with Crippen LogP contribution in [0.25, 0.3) is 111 Å². The molecule has 12 rings (SSSR count). The Labute approximate surface area is 364 Å². The van der Waals surface area contributed by atoms with E-state index in [2.05, 4.69) is 198 Å². The van der Waals surface area contributed by atoms with E-state index in [0.717, 1.165) is 61.3 Å². The molecule has 0 saturated heterocycles. The highest BCUT2D eigenvalue weighted by Gasteiger charge is 2.22. The van der Waals surface area contributed by atoms with Crippen molar-refractivity contribution in [2.24, 2.45) is 0 Å². The van der Waals surface area contributed by atoms with Crippen LogP contribution in [0.15, 0.2) is 218 Å². The van der Waals surface area contributed by atoms with Crippen LogP contribution >= 0.6 is 0 Å². The van der Waals surface area contributed by atoms with Crippen LogP contribution in [0.2, 0.25) is 0 Å². The molecule has 3 aromatic heterocycles. The van der Waals surface area contributed by atoms with Gasteiger partial charge in [0.1, 0.15) is 0 Å². The summed E-state index contributed by atoms with van der Waals surface area (Å²) in [5, 5.41) is 4.81. The summed E-state index contributed by atoms with van der Waals surface area (Å²) in [6, 6.07) is 77.6. The fourth-order valence-electron chi connectivity index (χ4n) is 9.26. The van der Waals surface area contributed by atoms with Gasteiger partial charge in [-0.05, 0) is 72.1 Å². The van der Waals surface area contributed by atoms with Gasteiger partial charge in [-0.3, -0.25) is 0 Å². The molecule has 0 aliphatic rings. The molecule has 63 heavy (non-hydrogen) atoms. The predicted molar refractivity (Wildman–Crippen MR) is 260 cm³/mol. The quantitative estimate of drug-likeness (QED) is 0.161. The number of para-hydroxylation sites is 4. The maximum Gasteiger partial charge on any atom is 0.166 e. The van der Waals surface area contributed by atoms with E-state index < -0.39 is 0 Å². The minimum Gasteiger partial charge on any atom is -0.309 e. The van der Waals surface area contributed by atoms with Crippen LogP contribution in [0.4, 0.5) is 0 Å². The first-order valence-corrected chi connectivity index (χ1v) is 21.4. The topological polar surface area (TPSA) is 48.5 Å². The minimum atomic E-state index is 0.594. The molecule has 0 amide bonds. The fourth-order valence-corrected chi connectivity index (χ4v) is 9.26. The molecule has 0 atom stereocenters. The zero-order chi connectivity index (χ0) is 41.9. The van der Waals surface area contributed by atoms with Gasteiger partial charge in [0.15, 0.2) is 17.5 Å². The van der Waals surface area contributed by atoms with E-state index in [4.69, 9.17) is 15.0 Å². The van der Waals surface area contributed by atoms with Crippen LogP contribution in [0.1, 0.15) is 5.56 Å². The molecule has 0 radical (unpaired) electrons. The van der Waals surface area contributed by atoms with Crippen molar-refractivity contribution in [1.29, 1.82) is 0 Å². The van der Waals surface area contributed by atoms with E-state index in [1.807, 2.05) is 36.4 Å². The largest absolute Gasteiger partial charge is 0.309 e. The molecule has 296 valence electrons. The van der Waals surface area contributed by atoms with Crippen LogP contribution < -0.4 is 0 Å². The van der Waals surface area contributed by atoms with Gasteiger partial charge in [0.25, 0.3) is 0 Å². The monoisotopic (exact) mass is 805 g/mol. The Morgan fingerprint density at radius 1 is 0.286 bits per heavy atom.